The minimum Gasteiger partial charge on any atom is -0.481 e. The number of nitrogens with one attached hydrogen (secondary N) is 1. The predicted octanol–water partition coefficient (Wildman–Crippen LogP) is 2.66. The molecule has 0 radical (unpaired) electrons. The van der Waals surface area contributed by atoms with Crippen LogP contribution in [0.2, 0.25) is 0 Å². The van der Waals surface area contributed by atoms with Crippen LogP contribution < -0.4 is 4.74 Å². The van der Waals surface area contributed by atoms with Gasteiger partial charge in [0.05, 0.1) is 7.11 Å². The largest absolute Gasteiger partial charge is 0.481 e. The van der Waals surface area contributed by atoms with E-state index in [-0.39, 0.29) is 0 Å². The summed E-state index contributed by atoms with van der Waals surface area (Å²) >= 11 is 0. The highest BCUT2D eigenvalue weighted by atomic mass is 16.5. The number of ether oxygens (including phenoxy) is 1. The van der Waals surface area contributed by atoms with Crippen molar-refractivity contribution in [1.82, 2.24) is 20.2 Å². The SMILES string of the molecule is COc1cc(-c2n[nH]c(CCc3ccccc3)n2)ccn1. The highest BCUT2D eigenvalue weighted by molar-refractivity contribution is 5.55. The molecule has 5 nitrogen and oxygen atoms in total. The average molecular weight is 280 g/mol. The highest BCUT2D eigenvalue weighted by Crippen LogP contribution is 2.18. The Bertz CT molecular complexity index is 709. The molecule has 0 bridgehead atoms. The first-order valence-electron chi connectivity index (χ1n) is 6.81. The molecule has 3 rings (SSSR count). The number of methoxy groups -OCH3 is 1. The van der Waals surface area contributed by atoms with Gasteiger partial charge in [-0.05, 0) is 18.1 Å². The van der Waals surface area contributed by atoms with Crippen LogP contribution >= 0.6 is 0 Å². The standard InChI is InChI=1S/C16H16N4O/c1-21-15-11-13(9-10-17-15)16-18-14(19-20-16)8-7-12-5-3-2-4-6-12/h2-6,9-11H,7-8H2,1H3,(H,18,19,20). The fourth-order valence-corrected chi connectivity index (χ4v) is 2.10. The van der Waals surface area contributed by atoms with E-state index in [0.717, 1.165) is 24.2 Å². The van der Waals surface area contributed by atoms with Gasteiger partial charge >= 0.3 is 0 Å². The molecule has 1 aromatic carbocycles. The van der Waals surface area contributed by atoms with E-state index in [1.54, 1.807) is 13.3 Å². The second-order valence-electron chi connectivity index (χ2n) is 4.68. The molecule has 5 heteroatoms. The first-order valence-corrected chi connectivity index (χ1v) is 6.81. The van der Waals surface area contributed by atoms with Crippen molar-refractivity contribution in [3.05, 3.63) is 60.0 Å². The Kier molecular flexibility index (Phi) is 3.91. The quantitative estimate of drug-likeness (QED) is 0.780. The second-order valence-corrected chi connectivity index (χ2v) is 4.68. The van der Waals surface area contributed by atoms with Crippen LogP contribution in [0, 0.1) is 0 Å². The molecule has 0 atom stereocenters. The van der Waals surface area contributed by atoms with Crippen LogP contribution in [0.25, 0.3) is 11.4 Å². The van der Waals surface area contributed by atoms with Gasteiger partial charge in [0.25, 0.3) is 0 Å². The van der Waals surface area contributed by atoms with Crippen LogP contribution in [-0.2, 0) is 12.8 Å². The summed E-state index contributed by atoms with van der Waals surface area (Å²) in [5.41, 5.74) is 2.19. The number of aromatic nitrogens is 4. The van der Waals surface area contributed by atoms with E-state index in [0.29, 0.717) is 11.7 Å². The highest BCUT2D eigenvalue weighted by Gasteiger charge is 2.07. The van der Waals surface area contributed by atoms with E-state index in [4.69, 9.17) is 4.74 Å². The van der Waals surface area contributed by atoms with Crippen molar-refractivity contribution >= 4 is 0 Å². The molecule has 0 unspecified atom stereocenters. The summed E-state index contributed by atoms with van der Waals surface area (Å²) < 4.78 is 5.11. The summed E-state index contributed by atoms with van der Waals surface area (Å²) in [7, 11) is 1.59. The van der Waals surface area contributed by atoms with Gasteiger partial charge in [-0.25, -0.2) is 9.97 Å². The number of nitrogens with zero attached hydrogens (tertiary/aromatic N) is 3. The summed E-state index contributed by atoms with van der Waals surface area (Å²) in [4.78, 5) is 8.60. The van der Waals surface area contributed by atoms with Crippen LogP contribution in [0.15, 0.2) is 48.7 Å². The van der Waals surface area contributed by atoms with Gasteiger partial charge in [0.15, 0.2) is 5.82 Å². The topological polar surface area (TPSA) is 63.7 Å². The number of aromatic amines is 1. The van der Waals surface area contributed by atoms with Gasteiger partial charge in [-0.15, -0.1) is 0 Å². The van der Waals surface area contributed by atoms with Crippen LogP contribution in [0.4, 0.5) is 0 Å². The van der Waals surface area contributed by atoms with E-state index in [9.17, 15) is 0 Å². The summed E-state index contributed by atoms with van der Waals surface area (Å²) in [6, 6.07) is 14.0. The minimum atomic E-state index is 0.558. The molecule has 0 fully saturated rings. The van der Waals surface area contributed by atoms with Crippen molar-refractivity contribution in [3.63, 3.8) is 0 Å². The minimum absolute atomic E-state index is 0.558. The Labute approximate surface area is 123 Å². The third kappa shape index (κ3) is 3.25. The van der Waals surface area contributed by atoms with Crippen molar-refractivity contribution in [2.75, 3.05) is 7.11 Å². The maximum Gasteiger partial charge on any atom is 0.213 e. The molecular formula is C16H16N4O. The first kappa shape index (κ1) is 13.3. The first-order chi connectivity index (χ1) is 10.3. The molecule has 0 aliphatic heterocycles. The van der Waals surface area contributed by atoms with Crippen molar-refractivity contribution in [2.45, 2.75) is 12.8 Å². The maximum absolute atomic E-state index is 5.11. The van der Waals surface area contributed by atoms with Crippen molar-refractivity contribution < 1.29 is 4.74 Å². The van der Waals surface area contributed by atoms with Gasteiger partial charge in [0.2, 0.25) is 5.88 Å². The molecule has 0 aliphatic carbocycles. The zero-order chi connectivity index (χ0) is 14.5. The van der Waals surface area contributed by atoms with Crippen LogP contribution in [0.5, 0.6) is 5.88 Å². The third-order valence-electron chi connectivity index (χ3n) is 3.23. The lowest BCUT2D eigenvalue weighted by molar-refractivity contribution is 0.398. The fourth-order valence-electron chi connectivity index (χ4n) is 2.10. The zero-order valence-electron chi connectivity index (χ0n) is 11.8. The fraction of sp³-hybridized carbons (Fsp3) is 0.188. The molecule has 21 heavy (non-hydrogen) atoms. The molecular weight excluding hydrogens is 264 g/mol. The van der Waals surface area contributed by atoms with Gasteiger partial charge < -0.3 is 4.74 Å². The zero-order valence-corrected chi connectivity index (χ0v) is 11.8. The number of aryl methyl sites for hydroxylation is 2. The molecule has 2 heterocycles. The Morgan fingerprint density at radius 3 is 2.76 bits per heavy atom. The third-order valence-corrected chi connectivity index (χ3v) is 3.23. The van der Waals surface area contributed by atoms with E-state index in [2.05, 4.69) is 32.3 Å². The van der Waals surface area contributed by atoms with Crippen LogP contribution in [-0.4, -0.2) is 27.3 Å². The number of hydrogen-bond donors (Lipinski definition) is 1. The van der Waals surface area contributed by atoms with Gasteiger partial charge in [-0.3, -0.25) is 5.10 Å². The molecule has 1 N–H and O–H groups in total. The Balaban J connectivity index is 1.71. The van der Waals surface area contributed by atoms with E-state index >= 15 is 0 Å². The summed E-state index contributed by atoms with van der Waals surface area (Å²) in [5.74, 6) is 2.10. The Morgan fingerprint density at radius 1 is 1.10 bits per heavy atom. The van der Waals surface area contributed by atoms with Gasteiger partial charge in [-0.2, -0.15) is 5.10 Å². The smallest absolute Gasteiger partial charge is 0.213 e. The number of H-pyrrole nitrogens is 1. The average Bonchev–Trinajstić information content (AvgIpc) is 3.03. The van der Waals surface area contributed by atoms with E-state index in [1.807, 2.05) is 30.3 Å². The monoisotopic (exact) mass is 280 g/mol. The Morgan fingerprint density at radius 2 is 1.95 bits per heavy atom. The van der Waals surface area contributed by atoms with E-state index < -0.39 is 0 Å². The predicted molar refractivity (Wildman–Crippen MR) is 80.0 cm³/mol. The molecule has 0 saturated carbocycles. The lowest BCUT2D eigenvalue weighted by atomic mass is 10.1. The summed E-state index contributed by atoms with van der Waals surface area (Å²) in [6.45, 7) is 0. The molecule has 2 aromatic heterocycles. The lowest BCUT2D eigenvalue weighted by Crippen LogP contribution is -1.93. The van der Waals surface area contributed by atoms with Gasteiger partial charge in [0, 0.05) is 24.2 Å². The van der Waals surface area contributed by atoms with Crippen molar-refractivity contribution in [2.24, 2.45) is 0 Å². The molecule has 0 aliphatic rings. The van der Waals surface area contributed by atoms with Crippen LogP contribution in [0.1, 0.15) is 11.4 Å². The molecule has 3 aromatic rings. The number of benzene rings is 1. The maximum atomic E-state index is 5.11. The Hall–Kier alpha value is -2.69. The summed E-state index contributed by atoms with van der Waals surface area (Å²) in [6.07, 6.45) is 3.46. The number of pyridine rings is 1. The van der Waals surface area contributed by atoms with Crippen molar-refractivity contribution in [1.29, 1.82) is 0 Å². The van der Waals surface area contributed by atoms with Crippen molar-refractivity contribution in [3.8, 4) is 17.3 Å². The van der Waals surface area contributed by atoms with Gasteiger partial charge in [-0.1, -0.05) is 30.3 Å². The van der Waals surface area contributed by atoms with Gasteiger partial charge in [0.1, 0.15) is 5.82 Å². The normalized spacial score (nSPS) is 10.5. The molecule has 0 saturated heterocycles. The summed E-state index contributed by atoms with van der Waals surface area (Å²) in [5, 5.41) is 7.24. The van der Waals surface area contributed by atoms with E-state index in [1.165, 1.54) is 5.56 Å². The molecule has 0 amide bonds. The molecule has 0 spiro atoms. The lowest BCUT2D eigenvalue weighted by Gasteiger charge is -1.99. The molecule has 106 valence electrons. The number of rotatable bonds is 5. The second kappa shape index (κ2) is 6.17. The van der Waals surface area contributed by atoms with Crippen LogP contribution in [0.3, 0.4) is 0 Å². The number of hydrogen-bond acceptors (Lipinski definition) is 4.